The molecule has 3 nitrogen and oxygen atoms in total. The number of rotatable bonds is 22. The fourth-order valence-electron chi connectivity index (χ4n) is 4.70. The Kier molecular flexibility index (Phi) is 18.0. The van der Waals surface area contributed by atoms with E-state index in [9.17, 15) is 9.59 Å². The molecule has 0 spiro atoms. The van der Waals surface area contributed by atoms with Crippen LogP contribution in [0.1, 0.15) is 148 Å². The number of carbonyl (C=O) groups excluding carboxylic acids is 2. The Morgan fingerprint density at radius 1 is 0.606 bits per heavy atom. The van der Waals surface area contributed by atoms with Gasteiger partial charge in [-0.05, 0) is 43.8 Å². The van der Waals surface area contributed by atoms with Gasteiger partial charge in [0.05, 0.1) is 0 Å². The summed E-state index contributed by atoms with van der Waals surface area (Å²) in [6, 6.07) is 0. The van der Waals surface area contributed by atoms with E-state index in [1.54, 1.807) is 6.92 Å². The van der Waals surface area contributed by atoms with Crippen molar-refractivity contribution < 1.29 is 14.3 Å². The van der Waals surface area contributed by atoms with Gasteiger partial charge in [-0.15, -0.1) is 0 Å². The third-order valence-corrected chi connectivity index (χ3v) is 6.92. The minimum Gasteiger partial charge on any atom is -0.453 e. The van der Waals surface area contributed by atoms with Crippen molar-refractivity contribution in [3.05, 3.63) is 24.3 Å². The number of ether oxygens (including phenoxy) is 1. The van der Waals surface area contributed by atoms with Gasteiger partial charge in [-0.2, -0.15) is 0 Å². The van der Waals surface area contributed by atoms with Gasteiger partial charge >= 0.3 is 5.97 Å². The highest BCUT2D eigenvalue weighted by atomic mass is 16.5. The van der Waals surface area contributed by atoms with Crippen LogP contribution >= 0.6 is 0 Å². The average molecular weight is 461 g/mol. The molecular formula is C30H52O3. The topological polar surface area (TPSA) is 43.4 Å². The standard InChI is InChI=1S/C30H52O3/c1-26-24-25-27(2)30(26)33-29(32)23-21-19-17-15-13-11-9-7-5-4-6-8-10-12-14-16-18-20-22-28(3)31/h30H,1-2,4-25H2,3H3. The van der Waals surface area contributed by atoms with Crippen molar-refractivity contribution in [3.63, 3.8) is 0 Å². The predicted molar refractivity (Wildman–Crippen MR) is 140 cm³/mol. The Labute approximate surface area is 204 Å². The Hall–Kier alpha value is -1.38. The zero-order chi connectivity index (χ0) is 24.2. The Bertz CT molecular complexity index is 547. The molecule has 1 aliphatic carbocycles. The smallest absolute Gasteiger partial charge is 0.306 e. The van der Waals surface area contributed by atoms with Gasteiger partial charge in [0.25, 0.3) is 0 Å². The van der Waals surface area contributed by atoms with E-state index in [0.717, 1.165) is 49.7 Å². The van der Waals surface area contributed by atoms with E-state index in [1.807, 2.05) is 0 Å². The van der Waals surface area contributed by atoms with Gasteiger partial charge in [0.1, 0.15) is 11.9 Å². The summed E-state index contributed by atoms with van der Waals surface area (Å²) in [5, 5.41) is 0. The van der Waals surface area contributed by atoms with Crippen molar-refractivity contribution in [2.24, 2.45) is 0 Å². The molecule has 1 fully saturated rings. The monoisotopic (exact) mass is 460 g/mol. The van der Waals surface area contributed by atoms with Gasteiger partial charge in [0, 0.05) is 12.8 Å². The summed E-state index contributed by atoms with van der Waals surface area (Å²) in [6.45, 7) is 9.66. The van der Waals surface area contributed by atoms with Crippen LogP contribution in [-0.4, -0.2) is 17.9 Å². The molecule has 0 amide bonds. The first kappa shape index (κ1) is 29.7. The highest BCUT2D eigenvalue weighted by Gasteiger charge is 2.26. The van der Waals surface area contributed by atoms with Crippen molar-refractivity contribution in [1.82, 2.24) is 0 Å². The molecule has 0 aromatic carbocycles. The predicted octanol–water partition coefficient (Wildman–Crippen LogP) is 9.20. The van der Waals surface area contributed by atoms with E-state index in [-0.39, 0.29) is 12.1 Å². The summed E-state index contributed by atoms with van der Waals surface area (Å²) in [7, 11) is 0. The molecule has 0 N–H and O–H groups in total. The lowest BCUT2D eigenvalue weighted by atomic mass is 10.0. The molecule has 1 aliphatic rings. The van der Waals surface area contributed by atoms with Gasteiger partial charge < -0.3 is 9.53 Å². The van der Waals surface area contributed by atoms with Gasteiger partial charge in [-0.3, -0.25) is 4.79 Å². The average Bonchev–Trinajstić information content (AvgIpc) is 3.09. The molecule has 1 rings (SSSR count). The maximum atomic E-state index is 12.0. The fourth-order valence-corrected chi connectivity index (χ4v) is 4.70. The first-order valence-electron chi connectivity index (χ1n) is 14.0. The lowest BCUT2D eigenvalue weighted by molar-refractivity contribution is -0.145. The quantitative estimate of drug-likeness (QED) is 0.0918. The lowest BCUT2D eigenvalue weighted by Gasteiger charge is -2.14. The molecular weight excluding hydrogens is 408 g/mol. The van der Waals surface area contributed by atoms with Crippen molar-refractivity contribution in [1.29, 1.82) is 0 Å². The molecule has 3 heteroatoms. The summed E-state index contributed by atoms with van der Waals surface area (Å²) in [5.41, 5.74) is 2.00. The van der Waals surface area contributed by atoms with Crippen molar-refractivity contribution in [3.8, 4) is 0 Å². The largest absolute Gasteiger partial charge is 0.453 e. The number of hydrogen-bond donors (Lipinski definition) is 0. The van der Waals surface area contributed by atoms with Crippen molar-refractivity contribution in [2.75, 3.05) is 0 Å². The molecule has 0 bridgehead atoms. The van der Waals surface area contributed by atoms with Gasteiger partial charge in [-0.25, -0.2) is 0 Å². The zero-order valence-corrected chi connectivity index (χ0v) is 21.8. The van der Waals surface area contributed by atoms with Crippen LogP contribution in [0.25, 0.3) is 0 Å². The minimum atomic E-state index is -0.225. The van der Waals surface area contributed by atoms with E-state index >= 15 is 0 Å². The molecule has 0 aromatic rings. The van der Waals surface area contributed by atoms with E-state index < -0.39 is 0 Å². The van der Waals surface area contributed by atoms with Crippen LogP contribution in [0.5, 0.6) is 0 Å². The first-order chi connectivity index (χ1) is 16.0. The van der Waals surface area contributed by atoms with E-state index in [4.69, 9.17) is 4.74 Å². The summed E-state index contributed by atoms with van der Waals surface area (Å²) in [5.74, 6) is 0.241. The SMILES string of the molecule is C=C1CCC(=C)C1OC(=O)CCCCCCCCCCCCCCCCCCCCC(C)=O. The lowest BCUT2D eigenvalue weighted by Crippen LogP contribution is -2.17. The van der Waals surface area contributed by atoms with Gasteiger partial charge in [0.2, 0.25) is 0 Å². The molecule has 0 aliphatic heterocycles. The minimum absolute atomic E-state index is 0.0923. The van der Waals surface area contributed by atoms with Crippen LogP contribution < -0.4 is 0 Å². The summed E-state index contributed by atoms with van der Waals surface area (Å²) < 4.78 is 5.53. The zero-order valence-electron chi connectivity index (χ0n) is 21.8. The summed E-state index contributed by atoms with van der Waals surface area (Å²) in [6.07, 6.45) is 26.2. The maximum Gasteiger partial charge on any atom is 0.306 e. The molecule has 190 valence electrons. The second-order valence-electron chi connectivity index (χ2n) is 10.3. The molecule has 0 radical (unpaired) electrons. The molecule has 0 saturated heterocycles. The van der Waals surface area contributed by atoms with Gasteiger partial charge in [-0.1, -0.05) is 116 Å². The van der Waals surface area contributed by atoms with Gasteiger partial charge in [0.15, 0.2) is 0 Å². The third kappa shape index (κ3) is 16.8. The Morgan fingerprint density at radius 2 is 0.909 bits per heavy atom. The number of carbonyl (C=O) groups is 2. The second-order valence-corrected chi connectivity index (χ2v) is 10.3. The number of hydrogen-bond acceptors (Lipinski definition) is 3. The van der Waals surface area contributed by atoms with Crippen LogP contribution in [0.15, 0.2) is 24.3 Å². The number of Topliss-reactive ketones (excluding diaryl/α,β-unsaturated/α-hetero) is 1. The number of ketones is 1. The number of esters is 1. The molecule has 33 heavy (non-hydrogen) atoms. The molecule has 0 heterocycles. The van der Waals surface area contributed by atoms with Crippen LogP contribution in [-0.2, 0) is 14.3 Å². The van der Waals surface area contributed by atoms with Crippen LogP contribution in [0, 0.1) is 0 Å². The van der Waals surface area contributed by atoms with E-state index in [1.165, 1.54) is 96.3 Å². The van der Waals surface area contributed by atoms with Crippen molar-refractivity contribution in [2.45, 2.75) is 154 Å². The normalized spacial score (nSPS) is 14.2. The molecule has 0 aromatic heterocycles. The summed E-state index contributed by atoms with van der Waals surface area (Å²) in [4.78, 5) is 22.9. The molecule has 0 unspecified atom stereocenters. The summed E-state index contributed by atoms with van der Waals surface area (Å²) >= 11 is 0. The highest BCUT2D eigenvalue weighted by Crippen LogP contribution is 2.30. The number of unbranched alkanes of at least 4 members (excludes halogenated alkanes) is 17. The van der Waals surface area contributed by atoms with Crippen LogP contribution in [0.4, 0.5) is 0 Å². The second kappa shape index (κ2) is 20.0. The van der Waals surface area contributed by atoms with Crippen LogP contribution in [0.3, 0.4) is 0 Å². The Morgan fingerprint density at radius 3 is 1.24 bits per heavy atom. The molecule has 1 saturated carbocycles. The third-order valence-electron chi connectivity index (χ3n) is 6.92. The van der Waals surface area contributed by atoms with E-state index in [0.29, 0.717) is 12.2 Å². The van der Waals surface area contributed by atoms with E-state index in [2.05, 4.69) is 13.2 Å². The maximum absolute atomic E-state index is 12.0. The Balaban J connectivity index is 1.74. The highest BCUT2D eigenvalue weighted by molar-refractivity contribution is 5.75. The van der Waals surface area contributed by atoms with Crippen molar-refractivity contribution >= 4 is 11.8 Å². The van der Waals surface area contributed by atoms with Crippen LogP contribution in [0.2, 0.25) is 0 Å². The first-order valence-corrected chi connectivity index (χ1v) is 14.0. The molecule has 0 atom stereocenters. The fraction of sp³-hybridized carbons (Fsp3) is 0.800.